The normalized spacial score (nSPS) is 12.0. The molecular formula is C20H23N3O2. The Morgan fingerprint density at radius 1 is 1.12 bits per heavy atom. The zero-order chi connectivity index (χ0) is 17.5. The third-order valence-electron chi connectivity index (χ3n) is 4.18. The minimum atomic E-state index is -0.120. The van der Waals surface area contributed by atoms with Crippen LogP contribution in [-0.2, 0) is 11.3 Å². The molecule has 0 spiro atoms. The van der Waals surface area contributed by atoms with Crippen LogP contribution in [0.1, 0.15) is 31.6 Å². The lowest BCUT2D eigenvalue weighted by molar-refractivity contribution is -0.110. The minimum Gasteiger partial charge on any atom is -0.494 e. The molecular weight excluding hydrogens is 314 g/mol. The molecule has 0 aliphatic carbocycles. The lowest BCUT2D eigenvalue weighted by Gasteiger charge is -2.14. The Balaban J connectivity index is 1.63. The van der Waals surface area contributed by atoms with E-state index < -0.39 is 0 Å². The average molecular weight is 337 g/mol. The van der Waals surface area contributed by atoms with Crippen molar-refractivity contribution in [1.82, 2.24) is 14.9 Å². The highest BCUT2D eigenvalue weighted by molar-refractivity contribution is 5.76. The largest absolute Gasteiger partial charge is 0.494 e. The van der Waals surface area contributed by atoms with Crippen molar-refractivity contribution in [3.63, 3.8) is 0 Å². The molecule has 0 fully saturated rings. The van der Waals surface area contributed by atoms with Crippen molar-refractivity contribution in [3.05, 3.63) is 60.4 Å². The first-order valence-corrected chi connectivity index (χ1v) is 8.62. The van der Waals surface area contributed by atoms with Gasteiger partial charge in [0.2, 0.25) is 6.41 Å². The summed E-state index contributed by atoms with van der Waals surface area (Å²) in [5.74, 6) is 1.79. The molecule has 5 heteroatoms. The van der Waals surface area contributed by atoms with Crippen LogP contribution in [0.4, 0.5) is 0 Å². The summed E-state index contributed by atoms with van der Waals surface area (Å²) in [6.45, 7) is 3.48. The molecule has 0 aliphatic heterocycles. The second-order valence-corrected chi connectivity index (χ2v) is 5.99. The van der Waals surface area contributed by atoms with Crippen LogP contribution < -0.4 is 10.1 Å². The molecule has 0 saturated heterocycles. The van der Waals surface area contributed by atoms with Crippen LogP contribution in [0, 0.1) is 0 Å². The third kappa shape index (κ3) is 4.18. The highest BCUT2D eigenvalue weighted by Gasteiger charge is 2.15. The Kier molecular flexibility index (Phi) is 5.67. The van der Waals surface area contributed by atoms with Crippen molar-refractivity contribution < 1.29 is 9.53 Å². The van der Waals surface area contributed by atoms with Gasteiger partial charge in [-0.15, -0.1) is 0 Å². The van der Waals surface area contributed by atoms with Crippen LogP contribution in [0.2, 0.25) is 0 Å². The van der Waals surface area contributed by atoms with Crippen molar-refractivity contribution in [3.8, 4) is 5.75 Å². The van der Waals surface area contributed by atoms with Crippen LogP contribution >= 0.6 is 0 Å². The molecule has 3 rings (SSSR count). The number of aryl methyl sites for hydroxylation is 1. The fourth-order valence-corrected chi connectivity index (χ4v) is 2.92. The van der Waals surface area contributed by atoms with Gasteiger partial charge in [-0.2, -0.15) is 0 Å². The first-order valence-electron chi connectivity index (χ1n) is 8.62. The number of carbonyl (C=O) groups excluding carboxylic acids is 1. The number of nitrogens with zero attached hydrogens (tertiary/aromatic N) is 2. The number of amides is 1. The zero-order valence-electron chi connectivity index (χ0n) is 14.4. The number of unbranched alkanes of at least 4 members (excludes halogenated alkanes) is 1. The number of para-hydroxylation sites is 3. The number of rotatable bonds is 9. The number of benzene rings is 2. The highest BCUT2D eigenvalue weighted by Crippen LogP contribution is 2.21. The Labute approximate surface area is 147 Å². The van der Waals surface area contributed by atoms with Gasteiger partial charge < -0.3 is 14.6 Å². The van der Waals surface area contributed by atoms with Crippen molar-refractivity contribution in [2.75, 3.05) is 6.61 Å². The van der Waals surface area contributed by atoms with E-state index in [9.17, 15) is 4.79 Å². The van der Waals surface area contributed by atoms with E-state index in [1.165, 1.54) is 0 Å². The molecule has 1 unspecified atom stereocenters. The number of imidazole rings is 1. The van der Waals surface area contributed by atoms with E-state index >= 15 is 0 Å². The molecule has 0 saturated carbocycles. The molecule has 130 valence electrons. The number of ether oxygens (including phenoxy) is 1. The number of nitrogens with one attached hydrogen (secondary N) is 1. The second-order valence-electron chi connectivity index (χ2n) is 5.99. The first-order chi connectivity index (χ1) is 12.3. The number of fused-ring (bicyclic) bond motifs is 1. The second kappa shape index (κ2) is 8.33. The van der Waals surface area contributed by atoms with Crippen molar-refractivity contribution in [2.24, 2.45) is 0 Å². The Morgan fingerprint density at radius 3 is 2.68 bits per heavy atom. The molecule has 0 bridgehead atoms. The zero-order valence-corrected chi connectivity index (χ0v) is 14.4. The predicted molar refractivity (Wildman–Crippen MR) is 98.5 cm³/mol. The van der Waals surface area contributed by atoms with Gasteiger partial charge in [-0.1, -0.05) is 30.3 Å². The number of aromatic nitrogens is 2. The number of carbonyl (C=O) groups is 1. The monoisotopic (exact) mass is 337 g/mol. The Hall–Kier alpha value is -2.82. The topological polar surface area (TPSA) is 56.2 Å². The molecule has 1 aromatic heterocycles. The van der Waals surface area contributed by atoms with Gasteiger partial charge in [0.05, 0.1) is 23.7 Å². The van der Waals surface area contributed by atoms with Gasteiger partial charge in [-0.05, 0) is 44.0 Å². The van der Waals surface area contributed by atoms with Gasteiger partial charge in [0.15, 0.2) is 0 Å². The number of hydrogen-bond donors (Lipinski definition) is 1. The summed E-state index contributed by atoms with van der Waals surface area (Å²) in [5, 5.41) is 2.80. The van der Waals surface area contributed by atoms with E-state index in [4.69, 9.17) is 4.74 Å². The standard InChI is InChI=1S/C20H23N3O2/c1-16(21-15-24)20-22-18-11-5-6-12-19(18)23(20)13-7-8-14-25-17-9-3-2-4-10-17/h2-6,9-12,15-16H,7-8,13-14H2,1H3,(H,21,24). The molecule has 1 amide bonds. The van der Waals surface area contributed by atoms with Crippen LogP contribution in [0.15, 0.2) is 54.6 Å². The minimum absolute atomic E-state index is 0.120. The van der Waals surface area contributed by atoms with E-state index in [1.54, 1.807) is 0 Å². The SMILES string of the molecule is CC(NC=O)c1nc2ccccc2n1CCCCOc1ccccc1. The molecule has 3 aromatic rings. The quantitative estimate of drug-likeness (QED) is 0.478. The van der Waals surface area contributed by atoms with Crippen LogP contribution in [0.3, 0.4) is 0 Å². The lowest BCUT2D eigenvalue weighted by atomic mass is 10.2. The van der Waals surface area contributed by atoms with E-state index in [-0.39, 0.29) is 6.04 Å². The molecule has 1 N–H and O–H groups in total. The van der Waals surface area contributed by atoms with E-state index in [0.717, 1.165) is 48.4 Å². The maximum atomic E-state index is 10.8. The molecule has 25 heavy (non-hydrogen) atoms. The maximum absolute atomic E-state index is 10.8. The summed E-state index contributed by atoms with van der Waals surface area (Å²) in [5.41, 5.74) is 2.05. The van der Waals surface area contributed by atoms with Crippen molar-refractivity contribution >= 4 is 17.4 Å². The smallest absolute Gasteiger partial charge is 0.207 e. The summed E-state index contributed by atoms with van der Waals surface area (Å²) in [4.78, 5) is 15.5. The van der Waals surface area contributed by atoms with Crippen molar-refractivity contribution in [1.29, 1.82) is 0 Å². The van der Waals surface area contributed by atoms with Gasteiger partial charge in [-0.25, -0.2) is 4.98 Å². The highest BCUT2D eigenvalue weighted by atomic mass is 16.5. The van der Waals surface area contributed by atoms with Gasteiger partial charge in [0.25, 0.3) is 0 Å². The average Bonchev–Trinajstić information content (AvgIpc) is 3.01. The van der Waals surface area contributed by atoms with Gasteiger partial charge in [-0.3, -0.25) is 4.79 Å². The van der Waals surface area contributed by atoms with E-state index in [1.807, 2.05) is 55.5 Å². The fraction of sp³-hybridized carbons (Fsp3) is 0.300. The summed E-state index contributed by atoms with van der Waals surface area (Å²) in [7, 11) is 0. The van der Waals surface area contributed by atoms with Gasteiger partial charge in [0.1, 0.15) is 11.6 Å². The molecule has 1 atom stereocenters. The molecule has 2 aromatic carbocycles. The maximum Gasteiger partial charge on any atom is 0.207 e. The Bertz CT molecular complexity index is 814. The Morgan fingerprint density at radius 2 is 1.88 bits per heavy atom. The van der Waals surface area contributed by atoms with Crippen LogP contribution in [0.25, 0.3) is 11.0 Å². The summed E-state index contributed by atoms with van der Waals surface area (Å²) in [6, 6.07) is 17.8. The van der Waals surface area contributed by atoms with Gasteiger partial charge >= 0.3 is 0 Å². The predicted octanol–water partition coefficient (Wildman–Crippen LogP) is 3.70. The van der Waals surface area contributed by atoms with Crippen molar-refractivity contribution in [2.45, 2.75) is 32.4 Å². The summed E-state index contributed by atoms with van der Waals surface area (Å²) >= 11 is 0. The molecule has 1 heterocycles. The lowest BCUT2D eigenvalue weighted by Crippen LogP contribution is -2.20. The van der Waals surface area contributed by atoms with E-state index in [0.29, 0.717) is 6.61 Å². The van der Waals surface area contributed by atoms with Crippen LogP contribution in [-0.4, -0.2) is 22.6 Å². The number of hydrogen-bond acceptors (Lipinski definition) is 3. The third-order valence-corrected chi connectivity index (χ3v) is 4.18. The van der Waals surface area contributed by atoms with E-state index in [2.05, 4.69) is 20.9 Å². The molecule has 0 radical (unpaired) electrons. The summed E-state index contributed by atoms with van der Waals surface area (Å²) < 4.78 is 7.94. The fourth-order valence-electron chi connectivity index (χ4n) is 2.92. The van der Waals surface area contributed by atoms with Crippen LogP contribution in [0.5, 0.6) is 5.75 Å². The first kappa shape index (κ1) is 17.0. The van der Waals surface area contributed by atoms with Gasteiger partial charge in [0, 0.05) is 6.54 Å². The summed E-state index contributed by atoms with van der Waals surface area (Å²) in [6.07, 6.45) is 2.66. The molecule has 5 nitrogen and oxygen atoms in total. The molecule has 0 aliphatic rings.